The van der Waals surface area contributed by atoms with E-state index < -0.39 is 10.0 Å². The summed E-state index contributed by atoms with van der Waals surface area (Å²) >= 11 is 13.5. The summed E-state index contributed by atoms with van der Waals surface area (Å²) < 4.78 is 34.2. The quantitative estimate of drug-likeness (QED) is 0.532. The van der Waals surface area contributed by atoms with Crippen molar-refractivity contribution in [2.24, 2.45) is 0 Å². The molecular weight excluding hydrogens is 467 g/mol. The molecule has 1 aliphatic heterocycles. The van der Waals surface area contributed by atoms with Crippen LogP contribution < -0.4 is 4.72 Å². The number of rotatable bonds is 9. The van der Waals surface area contributed by atoms with Crippen LogP contribution in [-0.2, 0) is 21.3 Å². The SMILES string of the molecule is C=CCN(Cc1ccc(Cl)s1)C(=O)c1ccc(Cl)c(S(=O)(=O)NCC2CCCO2)c1. The lowest BCUT2D eigenvalue weighted by Crippen LogP contribution is -2.33. The minimum absolute atomic E-state index is 0.0479. The molecule has 0 aliphatic carbocycles. The van der Waals surface area contributed by atoms with Gasteiger partial charge in [-0.05, 0) is 43.2 Å². The highest BCUT2D eigenvalue weighted by Gasteiger charge is 2.24. The first-order valence-corrected chi connectivity index (χ1v) is 12.4. The van der Waals surface area contributed by atoms with Gasteiger partial charge in [0.15, 0.2) is 0 Å². The first kappa shape index (κ1) is 23.2. The van der Waals surface area contributed by atoms with Crippen LogP contribution in [0.2, 0.25) is 9.36 Å². The van der Waals surface area contributed by atoms with Crippen LogP contribution in [0.5, 0.6) is 0 Å². The second-order valence-corrected chi connectivity index (χ2v) is 10.8. The Labute approximate surface area is 190 Å². The van der Waals surface area contributed by atoms with Crippen molar-refractivity contribution in [1.82, 2.24) is 9.62 Å². The van der Waals surface area contributed by atoms with Crippen LogP contribution in [0.15, 0.2) is 47.9 Å². The van der Waals surface area contributed by atoms with E-state index in [2.05, 4.69) is 11.3 Å². The molecule has 0 saturated carbocycles. The number of nitrogens with one attached hydrogen (secondary N) is 1. The maximum Gasteiger partial charge on any atom is 0.254 e. The summed E-state index contributed by atoms with van der Waals surface area (Å²) in [4.78, 5) is 15.4. The van der Waals surface area contributed by atoms with Crippen molar-refractivity contribution in [1.29, 1.82) is 0 Å². The number of sulfonamides is 1. The van der Waals surface area contributed by atoms with E-state index in [1.54, 1.807) is 17.0 Å². The summed E-state index contributed by atoms with van der Waals surface area (Å²) in [7, 11) is -3.90. The minimum atomic E-state index is -3.90. The van der Waals surface area contributed by atoms with Gasteiger partial charge in [-0.1, -0.05) is 29.3 Å². The van der Waals surface area contributed by atoms with Gasteiger partial charge in [0.05, 0.1) is 22.0 Å². The van der Waals surface area contributed by atoms with Crippen LogP contribution >= 0.6 is 34.5 Å². The minimum Gasteiger partial charge on any atom is -0.377 e. The maximum absolute atomic E-state index is 13.1. The number of amides is 1. The van der Waals surface area contributed by atoms with Crippen molar-refractivity contribution in [2.45, 2.75) is 30.4 Å². The molecule has 3 rings (SSSR count). The van der Waals surface area contributed by atoms with Gasteiger partial charge in [-0.25, -0.2) is 13.1 Å². The Hall–Kier alpha value is -1.42. The normalized spacial score (nSPS) is 16.5. The van der Waals surface area contributed by atoms with Crippen LogP contribution in [0.3, 0.4) is 0 Å². The molecule has 0 bridgehead atoms. The third kappa shape index (κ3) is 5.84. The fourth-order valence-electron chi connectivity index (χ4n) is 3.11. The largest absolute Gasteiger partial charge is 0.377 e. The van der Waals surface area contributed by atoms with Gasteiger partial charge >= 0.3 is 0 Å². The van der Waals surface area contributed by atoms with Gasteiger partial charge in [-0.3, -0.25) is 4.79 Å². The fraction of sp³-hybridized carbons (Fsp3) is 0.350. The lowest BCUT2D eigenvalue weighted by Gasteiger charge is -2.21. The Kier molecular flexibility index (Phi) is 7.95. The van der Waals surface area contributed by atoms with Crippen LogP contribution in [0.1, 0.15) is 28.1 Å². The van der Waals surface area contributed by atoms with Crippen molar-refractivity contribution in [3.63, 3.8) is 0 Å². The Bertz CT molecular complexity index is 1020. The van der Waals surface area contributed by atoms with E-state index in [1.807, 2.05) is 6.07 Å². The zero-order chi connectivity index (χ0) is 21.7. The number of hydrogen-bond acceptors (Lipinski definition) is 5. The van der Waals surface area contributed by atoms with Gasteiger partial charge in [0, 0.05) is 30.1 Å². The van der Waals surface area contributed by atoms with Crippen LogP contribution in [0.25, 0.3) is 0 Å². The fourth-order valence-corrected chi connectivity index (χ4v) is 5.80. The van der Waals surface area contributed by atoms with E-state index in [1.165, 1.54) is 29.5 Å². The third-order valence-electron chi connectivity index (χ3n) is 4.60. The van der Waals surface area contributed by atoms with Crippen LogP contribution in [-0.4, -0.2) is 45.0 Å². The second-order valence-electron chi connectivity index (χ2n) is 6.81. The highest BCUT2D eigenvalue weighted by molar-refractivity contribution is 7.89. The summed E-state index contributed by atoms with van der Waals surface area (Å²) in [5.74, 6) is -0.327. The van der Waals surface area contributed by atoms with Crippen LogP contribution in [0, 0.1) is 0 Å². The van der Waals surface area contributed by atoms with Gasteiger partial charge in [0.2, 0.25) is 10.0 Å². The summed E-state index contributed by atoms with van der Waals surface area (Å²) in [6, 6.07) is 7.86. The van der Waals surface area contributed by atoms with E-state index in [9.17, 15) is 13.2 Å². The Morgan fingerprint density at radius 2 is 2.13 bits per heavy atom. The monoisotopic (exact) mass is 488 g/mol. The highest BCUT2D eigenvalue weighted by atomic mass is 35.5. The average Bonchev–Trinajstić information content (AvgIpc) is 3.37. The predicted octanol–water partition coefficient (Wildman–Crippen LogP) is 4.34. The van der Waals surface area contributed by atoms with Crippen molar-refractivity contribution >= 4 is 50.5 Å². The molecule has 1 atom stereocenters. The molecule has 1 aromatic heterocycles. The molecule has 2 aromatic rings. The molecule has 1 N–H and O–H groups in total. The van der Waals surface area contributed by atoms with E-state index in [0.717, 1.165) is 17.7 Å². The average molecular weight is 489 g/mol. The molecule has 1 amide bonds. The molecule has 0 radical (unpaired) electrons. The maximum atomic E-state index is 13.1. The van der Waals surface area contributed by atoms with Crippen molar-refractivity contribution in [2.75, 3.05) is 19.7 Å². The molecule has 10 heteroatoms. The number of halogens is 2. The first-order valence-electron chi connectivity index (χ1n) is 9.35. The number of nitrogens with zero attached hydrogens (tertiary/aromatic N) is 1. The molecule has 162 valence electrons. The third-order valence-corrected chi connectivity index (χ3v) is 7.73. The second kappa shape index (κ2) is 10.3. The standard InChI is InChI=1S/C20H22Cl2N2O4S2/c1-2-9-24(13-16-6-8-19(22)29-16)20(25)14-5-7-17(21)18(11-14)30(26,27)23-12-15-4-3-10-28-15/h2,5-8,11,15,23H,1,3-4,9-10,12-13H2. The summed E-state index contributed by atoms with van der Waals surface area (Å²) in [5, 5.41) is 0.0479. The van der Waals surface area contributed by atoms with Crippen molar-refractivity contribution in [3.8, 4) is 0 Å². The molecule has 1 aliphatic rings. The predicted molar refractivity (Wildman–Crippen MR) is 120 cm³/mol. The molecule has 1 aromatic carbocycles. The Morgan fingerprint density at radius 3 is 2.77 bits per heavy atom. The van der Waals surface area contributed by atoms with Crippen molar-refractivity contribution < 1.29 is 17.9 Å². The van der Waals surface area contributed by atoms with Gasteiger partial charge in [0.1, 0.15) is 4.90 Å². The summed E-state index contributed by atoms with van der Waals surface area (Å²) in [6.45, 7) is 5.14. The topological polar surface area (TPSA) is 75.7 Å². The van der Waals surface area contributed by atoms with E-state index >= 15 is 0 Å². The van der Waals surface area contributed by atoms with Gasteiger partial charge < -0.3 is 9.64 Å². The van der Waals surface area contributed by atoms with E-state index in [4.69, 9.17) is 27.9 Å². The number of hydrogen-bond donors (Lipinski definition) is 1. The molecule has 2 heterocycles. The zero-order valence-electron chi connectivity index (χ0n) is 16.1. The highest BCUT2D eigenvalue weighted by Crippen LogP contribution is 2.26. The van der Waals surface area contributed by atoms with Crippen LogP contribution in [0.4, 0.5) is 0 Å². The number of benzene rings is 1. The van der Waals surface area contributed by atoms with Crippen molar-refractivity contribution in [3.05, 3.63) is 62.8 Å². The molecule has 1 saturated heterocycles. The Balaban J connectivity index is 1.80. The van der Waals surface area contributed by atoms with E-state index in [0.29, 0.717) is 24.0 Å². The molecule has 30 heavy (non-hydrogen) atoms. The summed E-state index contributed by atoms with van der Waals surface area (Å²) in [5.41, 5.74) is 0.224. The van der Waals surface area contributed by atoms with E-state index in [-0.39, 0.29) is 34.0 Å². The number of thiophene rings is 1. The summed E-state index contributed by atoms with van der Waals surface area (Å²) in [6.07, 6.45) is 3.18. The number of carbonyl (C=O) groups excluding carboxylic acids is 1. The van der Waals surface area contributed by atoms with Gasteiger partial charge in [-0.15, -0.1) is 17.9 Å². The lowest BCUT2D eigenvalue weighted by atomic mass is 10.2. The Morgan fingerprint density at radius 1 is 1.33 bits per heavy atom. The lowest BCUT2D eigenvalue weighted by molar-refractivity contribution is 0.0764. The smallest absolute Gasteiger partial charge is 0.254 e. The molecular formula is C20H22Cl2N2O4S2. The number of ether oxygens (including phenoxy) is 1. The van der Waals surface area contributed by atoms with Gasteiger partial charge in [0.25, 0.3) is 5.91 Å². The first-order chi connectivity index (χ1) is 14.3. The molecule has 1 fully saturated rings. The molecule has 6 nitrogen and oxygen atoms in total. The zero-order valence-corrected chi connectivity index (χ0v) is 19.3. The van der Waals surface area contributed by atoms with Gasteiger partial charge in [-0.2, -0.15) is 0 Å². The molecule has 0 spiro atoms. The number of carbonyl (C=O) groups is 1. The molecule has 1 unspecified atom stereocenters.